The first-order valence-corrected chi connectivity index (χ1v) is 6.15. The number of benzene rings is 1. The monoisotopic (exact) mass is 259 g/mol. The molecule has 1 heterocycles. The third kappa shape index (κ3) is 3.02. The standard InChI is InChI=1S/C15H17NO3/c1-10-8-14(18-2)12-6-4-11(9-13(12)16-10)5-7-15(17)19-3/h4,6,8-9H,5,7H2,1-3H3. The Labute approximate surface area is 112 Å². The van der Waals surface area contributed by atoms with E-state index in [0.29, 0.717) is 12.8 Å². The molecule has 0 bridgehead atoms. The summed E-state index contributed by atoms with van der Waals surface area (Å²) in [7, 11) is 3.05. The summed E-state index contributed by atoms with van der Waals surface area (Å²) in [4.78, 5) is 15.6. The number of esters is 1. The molecule has 0 atom stereocenters. The van der Waals surface area contributed by atoms with Crippen molar-refractivity contribution < 1.29 is 14.3 Å². The van der Waals surface area contributed by atoms with Crippen molar-refractivity contribution >= 4 is 16.9 Å². The van der Waals surface area contributed by atoms with Crippen molar-refractivity contribution in [1.29, 1.82) is 0 Å². The molecule has 0 radical (unpaired) electrons. The van der Waals surface area contributed by atoms with Gasteiger partial charge in [-0.05, 0) is 31.0 Å². The zero-order valence-corrected chi connectivity index (χ0v) is 11.4. The van der Waals surface area contributed by atoms with Crippen LogP contribution in [0.1, 0.15) is 17.7 Å². The molecule has 1 aromatic heterocycles. The molecule has 100 valence electrons. The van der Waals surface area contributed by atoms with Crippen molar-refractivity contribution in [2.24, 2.45) is 0 Å². The van der Waals surface area contributed by atoms with E-state index in [0.717, 1.165) is 27.9 Å². The lowest BCUT2D eigenvalue weighted by atomic mass is 10.1. The van der Waals surface area contributed by atoms with Gasteiger partial charge in [-0.3, -0.25) is 9.78 Å². The molecule has 0 amide bonds. The van der Waals surface area contributed by atoms with Gasteiger partial charge in [-0.25, -0.2) is 0 Å². The Morgan fingerprint density at radius 3 is 2.74 bits per heavy atom. The summed E-state index contributed by atoms with van der Waals surface area (Å²) < 4.78 is 9.99. The van der Waals surface area contributed by atoms with Gasteiger partial charge in [0.25, 0.3) is 0 Å². The highest BCUT2D eigenvalue weighted by Crippen LogP contribution is 2.26. The Morgan fingerprint density at radius 2 is 2.05 bits per heavy atom. The van der Waals surface area contributed by atoms with Gasteiger partial charge in [0.1, 0.15) is 5.75 Å². The van der Waals surface area contributed by atoms with Crippen molar-refractivity contribution in [2.45, 2.75) is 19.8 Å². The second kappa shape index (κ2) is 5.69. The molecule has 0 aliphatic heterocycles. The number of fused-ring (bicyclic) bond motifs is 1. The predicted molar refractivity (Wildman–Crippen MR) is 73.4 cm³/mol. The first-order valence-electron chi connectivity index (χ1n) is 6.15. The number of rotatable bonds is 4. The summed E-state index contributed by atoms with van der Waals surface area (Å²) in [5, 5.41) is 0.981. The average molecular weight is 259 g/mol. The maximum absolute atomic E-state index is 11.1. The smallest absolute Gasteiger partial charge is 0.305 e. The Kier molecular flexibility index (Phi) is 4.00. The molecule has 0 N–H and O–H groups in total. The number of methoxy groups -OCH3 is 2. The number of aromatic nitrogens is 1. The number of hydrogen-bond donors (Lipinski definition) is 0. The van der Waals surface area contributed by atoms with E-state index in [1.165, 1.54) is 7.11 Å². The van der Waals surface area contributed by atoms with Crippen LogP contribution in [0.2, 0.25) is 0 Å². The summed E-state index contributed by atoms with van der Waals surface area (Å²) in [5.41, 5.74) is 2.87. The molecular weight excluding hydrogens is 242 g/mol. The van der Waals surface area contributed by atoms with E-state index in [4.69, 9.17) is 4.74 Å². The number of hydrogen-bond acceptors (Lipinski definition) is 4. The van der Waals surface area contributed by atoms with Crippen LogP contribution in [0, 0.1) is 6.92 Å². The van der Waals surface area contributed by atoms with Gasteiger partial charge in [0.05, 0.1) is 19.7 Å². The summed E-state index contributed by atoms with van der Waals surface area (Å²) >= 11 is 0. The first kappa shape index (κ1) is 13.3. The van der Waals surface area contributed by atoms with Crippen molar-refractivity contribution in [3.05, 3.63) is 35.5 Å². The number of nitrogens with zero attached hydrogens (tertiary/aromatic N) is 1. The zero-order valence-electron chi connectivity index (χ0n) is 11.4. The average Bonchev–Trinajstić information content (AvgIpc) is 2.43. The SMILES string of the molecule is COC(=O)CCc1ccc2c(OC)cc(C)nc2c1. The molecule has 2 rings (SSSR count). The van der Waals surface area contributed by atoms with E-state index in [1.807, 2.05) is 31.2 Å². The van der Waals surface area contributed by atoms with Gasteiger partial charge in [0, 0.05) is 23.6 Å². The lowest BCUT2D eigenvalue weighted by Gasteiger charge is -2.08. The Bertz CT molecular complexity index is 608. The molecule has 0 saturated carbocycles. The molecule has 19 heavy (non-hydrogen) atoms. The minimum absolute atomic E-state index is 0.199. The normalized spacial score (nSPS) is 10.5. The largest absolute Gasteiger partial charge is 0.496 e. The van der Waals surface area contributed by atoms with E-state index in [1.54, 1.807) is 7.11 Å². The summed E-state index contributed by atoms with van der Waals surface area (Å²) in [6.45, 7) is 1.93. The highest BCUT2D eigenvalue weighted by atomic mass is 16.5. The summed E-state index contributed by atoms with van der Waals surface area (Å²) in [5.74, 6) is 0.622. The van der Waals surface area contributed by atoms with Crippen molar-refractivity contribution in [2.75, 3.05) is 14.2 Å². The quantitative estimate of drug-likeness (QED) is 0.792. The minimum atomic E-state index is -0.199. The second-order valence-electron chi connectivity index (χ2n) is 4.39. The van der Waals surface area contributed by atoms with E-state index in [9.17, 15) is 4.79 Å². The van der Waals surface area contributed by atoms with Crippen LogP contribution < -0.4 is 4.74 Å². The van der Waals surface area contributed by atoms with Crippen LogP contribution in [0.4, 0.5) is 0 Å². The van der Waals surface area contributed by atoms with Gasteiger partial charge >= 0.3 is 5.97 Å². The highest BCUT2D eigenvalue weighted by molar-refractivity contribution is 5.86. The fourth-order valence-electron chi connectivity index (χ4n) is 2.04. The third-order valence-corrected chi connectivity index (χ3v) is 3.03. The van der Waals surface area contributed by atoms with E-state index in [-0.39, 0.29) is 5.97 Å². The van der Waals surface area contributed by atoms with Crippen molar-refractivity contribution in [1.82, 2.24) is 4.98 Å². The topological polar surface area (TPSA) is 48.4 Å². The maximum Gasteiger partial charge on any atom is 0.305 e. The zero-order chi connectivity index (χ0) is 13.8. The molecule has 1 aromatic carbocycles. The lowest BCUT2D eigenvalue weighted by molar-refractivity contribution is -0.140. The van der Waals surface area contributed by atoms with Crippen LogP contribution in [0.3, 0.4) is 0 Å². The molecule has 0 saturated heterocycles. The molecule has 0 aliphatic carbocycles. The number of carbonyl (C=O) groups excluding carboxylic acids is 1. The molecule has 0 fully saturated rings. The van der Waals surface area contributed by atoms with Crippen LogP contribution >= 0.6 is 0 Å². The lowest BCUT2D eigenvalue weighted by Crippen LogP contribution is -2.02. The molecule has 0 unspecified atom stereocenters. The number of pyridine rings is 1. The molecule has 4 heteroatoms. The number of carbonyl (C=O) groups is 1. The van der Waals surface area contributed by atoms with Gasteiger partial charge in [-0.1, -0.05) is 6.07 Å². The fourth-order valence-corrected chi connectivity index (χ4v) is 2.04. The summed E-state index contributed by atoms with van der Waals surface area (Å²) in [6.07, 6.45) is 1.03. The number of aryl methyl sites for hydroxylation is 2. The van der Waals surface area contributed by atoms with E-state index >= 15 is 0 Å². The maximum atomic E-state index is 11.1. The van der Waals surface area contributed by atoms with Crippen LogP contribution in [0.25, 0.3) is 10.9 Å². The molecule has 2 aromatic rings. The van der Waals surface area contributed by atoms with Gasteiger partial charge < -0.3 is 9.47 Å². The van der Waals surface area contributed by atoms with Gasteiger partial charge in [-0.15, -0.1) is 0 Å². The van der Waals surface area contributed by atoms with Crippen molar-refractivity contribution in [3.63, 3.8) is 0 Å². The first-order chi connectivity index (χ1) is 9.13. The predicted octanol–water partition coefficient (Wildman–Crippen LogP) is 2.66. The van der Waals surface area contributed by atoms with E-state index < -0.39 is 0 Å². The molecule has 0 aliphatic rings. The van der Waals surface area contributed by atoms with Crippen LogP contribution in [-0.4, -0.2) is 25.2 Å². The van der Waals surface area contributed by atoms with Gasteiger partial charge in [0.2, 0.25) is 0 Å². The highest BCUT2D eigenvalue weighted by Gasteiger charge is 2.07. The summed E-state index contributed by atoms with van der Waals surface area (Å²) in [6, 6.07) is 7.88. The molecule has 4 nitrogen and oxygen atoms in total. The third-order valence-electron chi connectivity index (χ3n) is 3.03. The van der Waals surface area contributed by atoms with E-state index in [2.05, 4.69) is 9.72 Å². The van der Waals surface area contributed by atoms with Crippen LogP contribution in [-0.2, 0) is 16.0 Å². The van der Waals surface area contributed by atoms with Gasteiger partial charge in [-0.2, -0.15) is 0 Å². The van der Waals surface area contributed by atoms with Gasteiger partial charge in [0.15, 0.2) is 0 Å². The minimum Gasteiger partial charge on any atom is -0.496 e. The molecule has 0 spiro atoms. The number of ether oxygens (including phenoxy) is 2. The Morgan fingerprint density at radius 1 is 1.26 bits per heavy atom. The molecular formula is C15H17NO3. The van der Waals surface area contributed by atoms with Crippen molar-refractivity contribution in [3.8, 4) is 5.75 Å². The van der Waals surface area contributed by atoms with Crippen LogP contribution in [0.5, 0.6) is 5.75 Å². The second-order valence-corrected chi connectivity index (χ2v) is 4.39. The van der Waals surface area contributed by atoms with Crippen LogP contribution in [0.15, 0.2) is 24.3 Å². The fraction of sp³-hybridized carbons (Fsp3) is 0.333. The Hall–Kier alpha value is -2.10. The Balaban J connectivity index is 2.32.